The molecule has 0 radical (unpaired) electrons. The monoisotopic (exact) mass is 510 g/mol. The number of rotatable bonds is 1. The van der Waals surface area contributed by atoms with Gasteiger partial charge in [-0.3, -0.25) is 0 Å². The van der Waals surface area contributed by atoms with E-state index in [-0.39, 0.29) is 0 Å². The van der Waals surface area contributed by atoms with Crippen molar-refractivity contribution < 1.29 is 4.42 Å². The molecule has 0 saturated carbocycles. The first-order chi connectivity index (χ1) is 19.8. The van der Waals surface area contributed by atoms with E-state index in [1.54, 1.807) is 0 Å². The fraction of sp³-hybridized carbons (Fsp3) is 0.0270. The summed E-state index contributed by atoms with van der Waals surface area (Å²) in [6.45, 7) is 0. The van der Waals surface area contributed by atoms with Gasteiger partial charge in [0.1, 0.15) is 11.2 Å². The second-order valence-corrected chi connectivity index (χ2v) is 11.0. The van der Waals surface area contributed by atoms with Gasteiger partial charge in [0.2, 0.25) is 0 Å². The van der Waals surface area contributed by atoms with Crippen LogP contribution in [-0.2, 0) is 7.05 Å². The molecule has 0 saturated heterocycles. The van der Waals surface area contributed by atoms with Crippen LogP contribution < -0.4 is 0 Å². The van der Waals surface area contributed by atoms with Gasteiger partial charge in [0.05, 0.1) is 33.0 Å². The van der Waals surface area contributed by atoms with E-state index >= 15 is 0 Å². The standard InChI is InChI=1S/C37H22N2O/c1-38-36-26(18-19-31-33(36)24-13-6-8-17-30(24)40-31)34-32-25-15-9-14-23-22-12-5-7-16-28(22)39(35(23)25)29(32)20-27(37(34)38)21-10-3-2-4-11-21/h2-20H,1H3. The molecule has 40 heavy (non-hydrogen) atoms. The van der Waals surface area contributed by atoms with E-state index in [0.717, 1.165) is 16.6 Å². The lowest BCUT2D eigenvalue weighted by molar-refractivity contribution is 0.669. The molecule has 0 aliphatic rings. The minimum Gasteiger partial charge on any atom is -0.456 e. The second kappa shape index (κ2) is 7.02. The van der Waals surface area contributed by atoms with Crippen LogP contribution in [0.2, 0.25) is 0 Å². The Bertz CT molecular complexity index is 2650. The van der Waals surface area contributed by atoms with Crippen LogP contribution in [0, 0.1) is 0 Å². The van der Waals surface area contributed by atoms with E-state index in [4.69, 9.17) is 4.42 Å². The lowest BCUT2D eigenvalue weighted by atomic mass is 9.97. The quantitative estimate of drug-likeness (QED) is 0.215. The van der Waals surface area contributed by atoms with Crippen molar-refractivity contribution in [1.82, 2.24) is 8.97 Å². The van der Waals surface area contributed by atoms with Crippen molar-refractivity contribution in [3.63, 3.8) is 0 Å². The number of hydrogen-bond donors (Lipinski definition) is 0. The van der Waals surface area contributed by atoms with Crippen molar-refractivity contribution in [2.24, 2.45) is 7.05 Å². The van der Waals surface area contributed by atoms with Gasteiger partial charge in [-0.05, 0) is 35.9 Å². The zero-order valence-electron chi connectivity index (χ0n) is 21.8. The summed E-state index contributed by atoms with van der Waals surface area (Å²) in [5, 5.41) is 10.1. The third kappa shape index (κ3) is 2.30. The molecule has 0 fully saturated rings. The van der Waals surface area contributed by atoms with Gasteiger partial charge < -0.3 is 13.4 Å². The number of aryl methyl sites for hydroxylation is 1. The molecule has 4 aromatic heterocycles. The van der Waals surface area contributed by atoms with Crippen molar-refractivity contribution in [3.05, 3.63) is 115 Å². The Labute approximate surface area is 228 Å². The topological polar surface area (TPSA) is 22.5 Å². The lowest BCUT2D eigenvalue weighted by Gasteiger charge is -2.10. The molecule has 0 N–H and O–H groups in total. The zero-order valence-corrected chi connectivity index (χ0v) is 21.8. The van der Waals surface area contributed by atoms with E-state index in [2.05, 4.69) is 125 Å². The number of furan rings is 1. The summed E-state index contributed by atoms with van der Waals surface area (Å²) < 4.78 is 11.2. The van der Waals surface area contributed by atoms with Crippen LogP contribution in [0.3, 0.4) is 0 Å². The first-order valence-corrected chi connectivity index (χ1v) is 13.8. The zero-order chi connectivity index (χ0) is 26.1. The van der Waals surface area contributed by atoms with Crippen molar-refractivity contribution in [1.29, 1.82) is 0 Å². The number of para-hydroxylation sites is 3. The molecule has 0 aliphatic heterocycles. The van der Waals surface area contributed by atoms with Gasteiger partial charge in [0.25, 0.3) is 0 Å². The fourth-order valence-electron chi connectivity index (χ4n) is 7.49. The van der Waals surface area contributed by atoms with Gasteiger partial charge in [-0.15, -0.1) is 0 Å². The van der Waals surface area contributed by atoms with Crippen LogP contribution in [0.4, 0.5) is 0 Å². The van der Waals surface area contributed by atoms with Gasteiger partial charge in [-0.25, -0.2) is 0 Å². The summed E-state index contributed by atoms with van der Waals surface area (Å²) in [7, 11) is 2.22. The summed E-state index contributed by atoms with van der Waals surface area (Å²) >= 11 is 0. The summed E-state index contributed by atoms with van der Waals surface area (Å²) in [5.41, 5.74) is 10.6. The Morgan fingerprint density at radius 1 is 0.475 bits per heavy atom. The van der Waals surface area contributed by atoms with Gasteiger partial charge >= 0.3 is 0 Å². The third-order valence-electron chi connectivity index (χ3n) is 9.03. The number of aromatic nitrogens is 2. The molecule has 0 amide bonds. The molecule has 6 aromatic carbocycles. The van der Waals surface area contributed by atoms with E-state index < -0.39 is 0 Å². The number of nitrogens with zero attached hydrogens (tertiary/aromatic N) is 2. The van der Waals surface area contributed by atoms with Gasteiger partial charge in [0.15, 0.2) is 0 Å². The predicted molar refractivity (Wildman–Crippen MR) is 168 cm³/mol. The molecule has 4 heterocycles. The van der Waals surface area contributed by atoms with E-state index in [0.29, 0.717) is 0 Å². The summed E-state index contributed by atoms with van der Waals surface area (Å²) in [6.07, 6.45) is 0. The molecule has 0 spiro atoms. The highest BCUT2D eigenvalue weighted by atomic mass is 16.3. The largest absolute Gasteiger partial charge is 0.456 e. The second-order valence-electron chi connectivity index (χ2n) is 11.0. The molecule has 10 rings (SSSR count). The smallest absolute Gasteiger partial charge is 0.137 e. The first kappa shape index (κ1) is 20.7. The Morgan fingerprint density at radius 3 is 2.10 bits per heavy atom. The van der Waals surface area contributed by atoms with Crippen LogP contribution in [0.5, 0.6) is 0 Å². The molecule has 186 valence electrons. The summed E-state index contributed by atoms with van der Waals surface area (Å²) in [4.78, 5) is 0. The van der Waals surface area contributed by atoms with Crippen LogP contribution in [0.1, 0.15) is 0 Å². The predicted octanol–water partition coefficient (Wildman–Crippen LogP) is 10.0. The normalized spacial score (nSPS) is 12.6. The average Bonchev–Trinajstić information content (AvgIpc) is 3.73. The molecular formula is C37H22N2O. The fourth-order valence-corrected chi connectivity index (χ4v) is 7.49. The molecule has 0 aliphatic carbocycles. The lowest BCUT2D eigenvalue weighted by Crippen LogP contribution is -1.92. The maximum absolute atomic E-state index is 6.33. The van der Waals surface area contributed by atoms with Crippen molar-refractivity contribution in [2.75, 3.05) is 0 Å². The molecule has 10 aromatic rings. The number of benzene rings is 6. The van der Waals surface area contributed by atoms with Gasteiger partial charge in [-0.2, -0.15) is 0 Å². The van der Waals surface area contributed by atoms with Crippen molar-refractivity contribution >= 4 is 81.8 Å². The van der Waals surface area contributed by atoms with Gasteiger partial charge in [0, 0.05) is 50.3 Å². The molecule has 0 unspecified atom stereocenters. The van der Waals surface area contributed by atoms with E-state index in [1.807, 2.05) is 6.07 Å². The molecule has 3 heteroatoms. The van der Waals surface area contributed by atoms with Crippen LogP contribution >= 0.6 is 0 Å². The van der Waals surface area contributed by atoms with Crippen LogP contribution in [-0.4, -0.2) is 8.97 Å². The Kier molecular flexibility index (Phi) is 3.62. The molecular weight excluding hydrogens is 488 g/mol. The van der Waals surface area contributed by atoms with Crippen molar-refractivity contribution in [2.45, 2.75) is 0 Å². The maximum atomic E-state index is 6.33. The molecule has 0 bridgehead atoms. The number of fused-ring (bicyclic) bond motifs is 14. The Balaban J connectivity index is 1.56. The third-order valence-corrected chi connectivity index (χ3v) is 9.03. The van der Waals surface area contributed by atoms with Crippen LogP contribution in [0.25, 0.3) is 93.0 Å². The highest BCUT2D eigenvalue weighted by Gasteiger charge is 2.25. The SMILES string of the molecule is Cn1c2c(-c3ccccc3)cc3c(c4cccc5c6ccccc6n3c54)c2c2ccc3oc4ccccc4c3c21. The van der Waals surface area contributed by atoms with E-state index in [1.165, 1.54) is 76.4 Å². The Morgan fingerprint density at radius 2 is 1.20 bits per heavy atom. The minimum atomic E-state index is 0.927. The Hall–Kier alpha value is -5.28. The summed E-state index contributed by atoms with van der Waals surface area (Å²) in [5.74, 6) is 0. The maximum Gasteiger partial charge on any atom is 0.137 e. The highest BCUT2D eigenvalue weighted by molar-refractivity contribution is 6.36. The van der Waals surface area contributed by atoms with E-state index in [9.17, 15) is 0 Å². The van der Waals surface area contributed by atoms with Crippen LogP contribution in [0.15, 0.2) is 120 Å². The van der Waals surface area contributed by atoms with Gasteiger partial charge in [-0.1, -0.05) is 84.9 Å². The molecule has 0 atom stereocenters. The van der Waals surface area contributed by atoms with Crippen molar-refractivity contribution in [3.8, 4) is 11.1 Å². The first-order valence-electron chi connectivity index (χ1n) is 13.8. The average molecular weight is 511 g/mol. The molecule has 3 nitrogen and oxygen atoms in total. The summed E-state index contributed by atoms with van der Waals surface area (Å²) in [6, 6.07) is 41.6. The highest BCUT2D eigenvalue weighted by Crippen LogP contribution is 2.48. The number of hydrogen-bond acceptors (Lipinski definition) is 1. The minimum absolute atomic E-state index is 0.927.